The number of nitrogens with zero attached hydrogens (tertiary/aromatic N) is 2. The molecule has 0 spiro atoms. The number of nitrogens with one attached hydrogen (secondary N) is 1. The lowest BCUT2D eigenvalue weighted by Crippen LogP contribution is -2.48. The summed E-state index contributed by atoms with van der Waals surface area (Å²) in [4.78, 5) is 14.5. The third-order valence-electron chi connectivity index (χ3n) is 4.22. The number of benzene rings is 1. The fourth-order valence-corrected chi connectivity index (χ4v) is 2.87. The molecule has 1 saturated heterocycles. The van der Waals surface area contributed by atoms with Crippen molar-refractivity contribution in [3.05, 3.63) is 52.8 Å². The average Bonchev–Trinajstić information content (AvgIpc) is 3.04. The first kappa shape index (κ1) is 14.8. The Morgan fingerprint density at radius 2 is 2.23 bits per heavy atom. The van der Waals surface area contributed by atoms with Gasteiger partial charge in [-0.3, -0.25) is 9.89 Å². The summed E-state index contributed by atoms with van der Waals surface area (Å²) >= 11 is 0. The first-order valence-electron chi connectivity index (χ1n) is 7.54. The molecule has 116 valence electrons. The van der Waals surface area contributed by atoms with Crippen molar-refractivity contribution in [2.75, 3.05) is 13.2 Å². The van der Waals surface area contributed by atoms with Crippen molar-refractivity contribution in [1.82, 2.24) is 15.1 Å². The fraction of sp³-hybridized carbons (Fsp3) is 0.412. The summed E-state index contributed by atoms with van der Waals surface area (Å²) < 4.78 is 5.99. The van der Waals surface area contributed by atoms with E-state index in [0.29, 0.717) is 18.7 Å². The van der Waals surface area contributed by atoms with Crippen LogP contribution >= 0.6 is 0 Å². The Kier molecular flexibility index (Phi) is 3.98. The van der Waals surface area contributed by atoms with Crippen LogP contribution in [0.15, 0.2) is 30.6 Å². The van der Waals surface area contributed by atoms with E-state index >= 15 is 0 Å². The lowest BCUT2D eigenvalue weighted by Gasteiger charge is -2.38. The number of rotatable bonds is 2. The maximum atomic E-state index is 12.6. The first-order chi connectivity index (χ1) is 10.6. The van der Waals surface area contributed by atoms with Crippen LogP contribution in [0.1, 0.15) is 40.1 Å². The summed E-state index contributed by atoms with van der Waals surface area (Å²) in [5.41, 5.74) is 4.15. The molecular weight excluding hydrogens is 278 g/mol. The zero-order valence-electron chi connectivity index (χ0n) is 13.2. The third-order valence-corrected chi connectivity index (χ3v) is 4.22. The van der Waals surface area contributed by atoms with Crippen molar-refractivity contribution in [3.8, 4) is 0 Å². The van der Waals surface area contributed by atoms with Gasteiger partial charge in [-0.05, 0) is 31.9 Å². The van der Waals surface area contributed by atoms with Crippen molar-refractivity contribution in [2.45, 2.75) is 32.9 Å². The molecule has 0 saturated carbocycles. The molecule has 5 nitrogen and oxygen atoms in total. The highest BCUT2D eigenvalue weighted by Crippen LogP contribution is 2.28. The second-order valence-corrected chi connectivity index (χ2v) is 5.98. The number of morpholine rings is 1. The van der Waals surface area contributed by atoms with Crippen LogP contribution in [0, 0.1) is 13.8 Å². The minimum Gasteiger partial charge on any atom is -0.370 e. The van der Waals surface area contributed by atoms with E-state index in [-0.39, 0.29) is 18.1 Å². The van der Waals surface area contributed by atoms with Gasteiger partial charge in [-0.2, -0.15) is 5.10 Å². The molecule has 5 heteroatoms. The summed E-state index contributed by atoms with van der Waals surface area (Å²) in [7, 11) is 0. The van der Waals surface area contributed by atoms with E-state index in [1.165, 1.54) is 11.1 Å². The maximum Gasteiger partial charge on any atom is 0.257 e. The average molecular weight is 299 g/mol. The Bertz CT molecular complexity index is 667. The van der Waals surface area contributed by atoms with Crippen molar-refractivity contribution < 1.29 is 9.53 Å². The number of ether oxygens (including phenoxy) is 1. The van der Waals surface area contributed by atoms with Gasteiger partial charge in [0.2, 0.25) is 0 Å². The van der Waals surface area contributed by atoms with Crippen LogP contribution in [-0.4, -0.2) is 40.2 Å². The van der Waals surface area contributed by atoms with Gasteiger partial charge in [0.05, 0.1) is 31.0 Å². The highest BCUT2D eigenvalue weighted by atomic mass is 16.5. The van der Waals surface area contributed by atoms with Gasteiger partial charge < -0.3 is 9.64 Å². The minimum absolute atomic E-state index is 0.000133. The van der Waals surface area contributed by atoms with E-state index in [1.807, 2.05) is 11.8 Å². The number of hydrogen-bond acceptors (Lipinski definition) is 3. The van der Waals surface area contributed by atoms with Crippen molar-refractivity contribution >= 4 is 5.91 Å². The third kappa shape index (κ3) is 2.76. The number of carbonyl (C=O) groups is 1. The molecule has 0 unspecified atom stereocenters. The molecule has 2 atom stereocenters. The SMILES string of the molecule is Cc1ccc(C)c([C@H]2CN(C(=O)c3cn[nH]c3)[C@@H](C)CO2)c1. The molecule has 1 aromatic heterocycles. The molecule has 1 amide bonds. The van der Waals surface area contributed by atoms with Crippen LogP contribution in [0.3, 0.4) is 0 Å². The lowest BCUT2D eigenvalue weighted by molar-refractivity contribution is -0.0489. The number of carbonyl (C=O) groups excluding carboxylic acids is 1. The van der Waals surface area contributed by atoms with Gasteiger partial charge in [-0.25, -0.2) is 0 Å². The van der Waals surface area contributed by atoms with E-state index in [1.54, 1.807) is 12.4 Å². The van der Waals surface area contributed by atoms with Crippen LogP contribution in [0.2, 0.25) is 0 Å². The number of hydrogen-bond donors (Lipinski definition) is 1. The van der Waals surface area contributed by atoms with Gasteiger partial charge in [0.25, 0.3) is 5.91 Å². The molecule has 0 aliphatic carbocycles. The van der Waals surface area contributed by atoms with Gasteiger partial charge in [-0.1, -0.05) is 23.8 Å². The van der Waals surface area contributed by atoms with Crippen molar-refractivity contribution in [1.29, 1.82) is 0 Å². The normalized spacial score (nSPS) is 21.9. The van der Waals surface area contributed by atoms with E-state index in [9.17, 15) is 4.79 Å². The van der Waals surface area contributed by atoms with Gasteiger partial charge in [-0.15, -0.1) is 0 Å². The minimum atomic E-state index is -0.0769. The molecule has 2 heterocycles. The van der Waals surface area contributed by atoms with E-state index < -0.39 is 0 Å². The predicted octanol–water partition coefficient (Wildman–Crippen LogP) is 2.63. The van der Waals surface area contributed by atoms with Gasteiger partial charge in [0.1, 0.15) is 6.10 Å². The molecule has 1 aromatic carbocycles. The topological polar surface area (TPSA) is 58.2 Å². The van der Waals surface area contributed by atoms with Crippen LogP contribution in [-0.2, 0) is 4.74 Å². The Balaban J connectivity index is 1.84. The standard InChI is InChI=1S/C17H21N3O2/c1-11-4-5-12(2)15(6-11)16-9-20(13(3)10-22-16)17(21)14-7-18-19-8-14/h4-8,13,16H,9-10H2,1-3H3,(H,18,19)/t13-,16+/m0/s1. The monoisotopic (exact) mass is 299 g/mol. The second-order valence-electron chi connectivity index (χ2n) is 5.98. The van der Waals surface area contributed by atoms with Crippen molar-refractivity contribution in [3.63, 3.8) is 0 Å². The Labute approximate surface area is 130 Å². The largest absolute Gasteiger partial charge is 0.370 e. The summed E-state index contributed by atoms with van der Waals surface area (Å²) in [6.07, 6.45) is 3.13. The van der Waals surface area contributed by atoms with E-state index in [2.05, 4.69) is 42.2 Å². The molecule has 1 aliphatic heterocycles. The number of H-pyrrole nitrogens is 1. The molecule has 1 fully saturated rings. The number of aryl methyl sites for hydroxylation is 2. The van der Waals surface area contributed by atoms with E-state index in [0.717, 1.165) is 5.56 Å². The first-order valence-corrected chi connectivity index (χ1v) is 7.54. The zero-order chi connectivity index (χ0) is 15.7. The quantitative estimate of drug-likeness (QED) is 0.927. The predicted molar refractivity (Wildman–Crippen MR) is 83.7 cm³/mol. The van der Waals surface area contributed by atoms with Gasteiger partial charge in [0.15, 0.2) is 0 Å². The highest BCUT2D eigenvalue weighted by molar-refractivity contribution is 5.94. The number of aromatic nitrogens is 2. The molecule has 1 aliphatic rings. The molecule has 0 bridgehead atoms. The van der Waals surface area contributed by atoms with Crippen molar-refractivity contribution in [2.24, 2.45) is 0 Å². The summed E-state index contributed by atoms with van der Waals surface area (Å²) in [5, 5.41) is 6.56. The summed E-state index contributed by atoms with van der Waals surface area (Å²) in [6, 6.07) is 6.41. The molecule has 3 rings (SSSR count). The summed E-state index contributed by atoms with van der Waals surface area (Å²) in [6.45, 7) is 7.27. The van der Waals surface area contributed by atoms with E-state index in [4.69, 9.17) is 4.74 Å². The second kappa shape index (κ2) is 5.93. The number of aromatic amines is 1. The Morgan fingerprint density at radius 3 is 2.95 bits per heavy atom. The molecule has 1 N–H and O–H groups in total. The van der Waals surface area contributed by atoms with Gasteiger partial charge in [0, 0.05) is 6.20 Å². The molecular formula is C17H21N3O2. The number of amides is 1. The van der Waals surface area contributed by atoms with Crippen LogP contribution in [0.5, 0.6) is 0 Å². The molecule has 22 heavy (non-hydrogen) atoms. The van der Waals surface area contributed by atoms with Gasteiger partial charge >= 0.3 is 0 Å². The van der Waals surface area contributed by atoms with Crippen LogP contribution in [0.4, 0.5) is 0 Å². The van der Waals surface area contributed by atoms with Crippen LogP contribution in [0.25, 0.3) is 0 Å². The Morgan fingerprint density at radius 1 is 1.41 bits per heavy atom. The smallest absolute Gasteiger partial charge is 0.257 e. The zero-order valence-corrected chi connectivity index (χ0v) is 13.2. The fourth-order valence-electron chi connectivity index (χ4n) is 2.87. The maximum absolute atomic E-state index is 12.6. The van der Waals surface area contributed by atoms with Crippen LogP contribution < -0.4 is 0 Å². The summed E-state index contributed by atoms with van der Waals surface area (Å²) in [5.74, 6) is -0.000133. The Hall–Kier alpha value is -2.14. The molecule has 2 aromatic rings. The highest BCUT2D eigenvalue weighted by Gasteiger charge is 2.32. The molecule has 0 radical (unpaired) electrons. The lowest BCUT2D eigenvalue weighted by atomic mass is 9.98.